The van der Waals surface area contributed by atoms with Crippen LogP contribution in [0.4, 0.5) is 0 Å². The molecule has 0 spiro atoms. The maximum atomic E-state index is 12.9. The molecule has 0 fully saturated rings. The monoisotopic (exact) mass is 941 g/mol. The molecule has 6 heteroatoms. The molecule has 0 N–H and O–H groups in total. The Balaban J connectivity index is 4.33. The standard InChI is InChI=1S/C61H112O6/c1-4-7-10-13-16-19-22-25-27-29-30-32-33-36-39-42-45-48-51-54-60(63)66-57-58(56-65-59(62)53-50-47-44-41-38-35-24-21-18-15-12-9-6-3)67-61(64)55-52-49-46-43-40-37-34-31-28-26-23-20-17-14-11-8-5-2/h16,19,25-28,58H,4-15,17-18,20-24,29-57H2,1-3H3/b19-16+,27-25+,28-26+/t58-/m1/s1. The minimum absolute atomic E-state index is 0.0713. The molecule has 0 rings (SSSR count). The van der Waals surface area contributed by atoms with Crippen LogP contribution in [-0.4, -0.2) is 37.2 Å². The topological polar surface area (TPSA) is 78.9 Å². The third-order valence-electron chi connectivity index (χ3n) is 13.1. The molecule has 6 nitrogen and oxygen atoms in total. The minimum Gasteiger partial charge on any atom is -0.462 e. The van der Waals surface area contributed by atoms with Crippen LogP contribution in [0.3, 0.4) is 0 Å². The van der Waals surface area contributed by atoms with Crippen molar-refractivity contribution in [2.45, 2.75) is 322 Å². The Hall–Kier alpha value is -2.37. The number of carbonyl (C=O) groups excluding carboxylic acids is 3. The lowest BCUT2D eigenvalue weighted by molar-refractivity contribution is -0.167. The minimum atomic E-state index is -0.773. The van der Waals surface area contributed by atoms with Gasteiger partial charge in [-0.2, -0.15) is 0 Å². The third-order valence-corrected chi connectivity index (χ3v) is 13.1. The molecule has 0 aliphatic carbocycles. The SMILES string of the molecule is CCCCC/C=C/C/C=C/CCCCCCCCCCCC(=O)OC[C@@H](COC(=O)CCCCCCCCCCCCCCC)OC(=O)CCCCCCCCC/C=C/CCCCCCCC. The summed E-state index contributed by atoms with van der Waals surface area (Å²) in [5, 5.41) is 0. The summed E-state index contributed by atoms with van der Waals surface area (Å²) in [6, 6.07) is 0. The summed E-state index contributed by atoms with van der Waals surface area (Å²) in [6.07, 6.45) is 67.0. The van der Waals surface area contributed by atoms with Gasteiger partial charge in [0.1, 0.15) is 13.2 Å². The van der Waals surface area contributed by atoms with Gasteiger partial charge in [-0.05, 0) is 77.0 Å². The van der Waals surface area contributed by atoms with Gasteiger partial charge < -0.3 is 14.2 Å². The Kier molecular flexibility index (Phi) is 54.2. The summed E-state index contributed by atoms with van der Waals surface area (Å²) >= 11 is 0. The molecular formula is C61H112O6. The molecule has 392 valence electrons. The second kappa shape index (κ2) is 56.2. The molecular weight excluding hydrogens is 829 g/mol. The number of unbranched alkanes of at least 4 members (excludes halogenated alkanes) is 37. The maximum Gasteiger partial charge on any atom is 0.306 e. The van der Waals surface area contributed by atoms with Gasteiger partial charge in [0, 0.05) is 19.3 Å². The predicted molar refractivity (Wildman–Crippen MR) is 289 cm³/mol. The smallest absolute Gasteiger partial charge is 0.306 e. The second-order valence-corrected chi connectivity index (χ2v) is 19.9. The Morgan fingerprint density at radius 1 is 0.299 bits per heavy atom. The van der Waals surface area contributed by atoms with E-state index in [9.17, 15) is 14.4 Å². The van der Waals surface area contributed by atoms with Gasteiger partial charge in [0.15, 0.2) is 6.10 Å². The van der Waals surface area contributed by atoms with Crippen LogP contribution < -0.4 is 0 Å². The van der Waals surface area contributed by atoms with Crippen molar-refractivity contribution in [2.75, 3.05) is 13.2 Å². The molecule has 0 radical (unpaired) electrons. The van der Waals surface area contributed by atoms with Crippen LogP contribution >= 0.6 is 0 Å². The van der Waals surface area contributed by atoms with Crippen LogP contribution in [0.1, 0.15) is 316 Å². The summed E-state index contributed by atoms with van der Waals surface area (Å²) in [5.41, 5.74) is 0. The Labute approximate surface area is 416 Å². The quantitative estimate of drug-likeness (QED) is 0.0262. The molecule has 0 amide bonds. The van der Waals surface area contributed by atoms with Crippen LogP contribution in [-0.2, 0) is 28.6 Å². The van der Waals surface area contributed by atoms with E-state index in [2.05, 4.69) is 57.2 Å². The number of carbonyl (C=O) groups is 3. The van der Waals surface area contributed by atoms with Crippen molar-refractivity contribution in [3.8, 4) is 0 Å². The van der Waals surface area contributed by atoms with Crippen LogP contribution in [0.15, 0.2) is 36.5 Å². The van der Waals surface area contributed by atoms with Crippen molar-refractivity contribution >= 4 is 17.9 Å². The molecule has 1 atom stereocenters. The normalized spacial score (nSPS) is 12.2. The van der Waals surface area contributed by atoms with E-state index in [1.807, 2.05) is 0 Å². The predicted octanol–water partition coefficient (Wildman–Crippen LogP) is 19.7. The Bertz CT molecular complexity index is 1130. The van der Waals surface area contributed by atoms with Gasteiger partial charge in [-0.25, -0.2) is 0 Å². The first-order valence-corrected chi connectivity index (χ1v) is 29.5. The molecule has 0 unspecified atom stereocenters. The Morgan fingerprint density at radius 2 is 0.537 bits per heavy atom. The van der Waals surface area contributed by atoms with E-state index in [-0.39, 0.29) is 31.1 Å². The van der Waals surface area contributed by atoms with Crippen LogP contribution in [0.2, 0.25) is 0 Å². The van der Waals surface area contributed by atoms with Crippen molar-refractivity contribution in [2.24, 2.45) is 0 Å². The van der Waals surface area contributed by atoms with Gasteiger partial charge in [-0.15, -0.1) is 0 Å². The number of hydrogen-bond acceptors (Lipinski definition) is 6. The van der Waals surface area contributed by atoms with E-state index < -0.39 is 6.10 Å². The van der Waals surface area contributed by atoms with E-state index in [1.165, 1.54) is 212 Å². The molecule has 0 aromatic heterocycles. The number of rotatable bonds is 54. The molecule has 0 aliphatic rings. The first kappa shape index (κ1) is 64.6. The molecule has 0 bridgehead atoms. The average molecular weight is 942 g/mol. The highest BCUT2D eigenvalue weighted by Crippen LogP contribution is 2.16. The average Bonchev–Trinajstić information content (AvgIpc) is 3.33. The van der Waals surface area contributed by atoms with Gasteiger partial charge in [0.2, 0.25) is 0 Å². The van der Waals surface area contributed by atoms with Gasteiger partial charge in [-0.1, -0.05) is 256 Å². The second-order valence-electron chi connectivity index (χ2n) is 19.9. The van der Waals surface area contributed by atoms with Crippen molar-refractivity contribution in [1.82, 2.24) is 0 Å². The molecule has 0 saturated heterocycles. The lowest BCUT2D eigenvalue weighted by atomic mass is 10.0. The summed E-state index contributed by atoms with van der Waals surface area (Å²) in [7, 11) is 0. The molecule has 0 aliphatic heterocycles. The van der Waals surface area contributed by atoms with Crippen LogP contribution in [0.5, 0.6) is 0 Å². The van der Waals surface area contributed by atoms with Crippen molar-refractivity contribution < 1.29 is 28.6 Å². The van der Waals surface area contributed by atoms with Crippen molar-refractivity contribution in [3.05, 3.63) is 36.5 Å². The van der Waals surface area contributed by atoms with E-state index in [1.54, 1.807) is 0 Å². The fraction of sp³-hybridized carbons (Fsp3) is 0.852. The zero-order valence-electron chi connectivity index (χ0n) is 44.9. The van der Waals surface area contributed by atoms with Crippen molar-refractivity contribution in [3.63, 3.8) is 0 Å². The summed E-state index contributed by atoms with van der Waals surface area (Å²) in [4.78, 5) is 38.2. The number of esters is 3. The highest BCUT2D eigenvalue weighted by atomic mass is 16.6. The summed E-state index contributed by atoms with van der Waals surface area (Å²) in [5.74, 6) is -0.862. The zero-order valence-corrected chi connectivity index (χ0v) is 44.9. The first-order chi connectivity index (χ1) is 33.0. The summed E-state index contributed by atoms with van der Waals surface area (Å²) < 4.78 is 16.9. The van der Waals surface area contributed by atoms with Crippen LogP contribution in [0, 0.1) is 0 Å². The number of hydrogen-bond donors (Lipinski definition) is 0. The van der Waals surface area contributed by atoms with Gasteiger partial charge in [-0.3, -0.25) is 14.4 Å². The molecule has 0 saturated carbocycles. The fourth-order valence-electron chi connectivity index (χ4n) is 8.65. The number of allylic oxidation sites excluding steroid dienone is 6. The number of ether oxygens (including phenoxy) is 3. The summed E-state index contributed by atoms with van der Waals surface area (Å²) in [6.45, 7) is 6.64. The van der Waals surface area contributed by atoms with Crippen LogP contribution in [0.25, 0.3) is 0 Å². The van der Waals surface area contributed by atoms with Gasteiger partial charge >= 0.3 is 17.9 Å². The lowest BCUT2D eigenvalue weighted by Crippen LogP contribution is -2.30. The highest BCUT2D eigenvalue weighted by Gasteiger charge is 2.19. The van der Waals surface area contributed by atoms with E-state index in [0.717, 1.165) is 64.2 Å². The molecule has 0 aromatic rings. The van der Waals surface area contributed by atoms with E-state index in [4.69, 9.17) is 14.2 Å². The molecule has 67 heavy (non-hydrogen) atoms. The zero-order chi connectivity index (χ0) is 48.6. The molecule has 0 aromatic carbocycles. The highest BCUT2D eigenvalue weighted by molar-refractivity contribution is 5.71. The third kappa shape index (κ3) is 54.4. The lowest BCUT2D eigenvalue weighted by Gasteiger charge is -2.18. The van der Waals surface area contributed by atoms with Gasteiger partial charge in [0.25, 0.3) is 0 Å². The van der Waals surface area contributed by atoms with Gasteiger partial charge in [0.05, 0.1) is 0 Å². The fourth-order valence-corrected chi connectivity index (χ4v) is 8.65. The maximum absolute atomic E-state index is 12.9. The Morgan fingerprint density at radius 3 is 0.866 bits per heavy atom. The first-order valence-electron chi connectivity index (χ1n) is 29.5. The van der Waals surface area contributed by atoms with E-state index in [0.29, 0.717) is 19.3 Å². The van der Waals surface area contributed by atoms with Crippen molar-refractivity contribution in [1.29, 1.82) is 0 Å². The molecule has 0 heterocycles. The van der Waals surface area contributed by atoms with E-state index >= 15 is 0 Å². The largest absolute Gasteiger partial charge is 0.462 e.